The number of aliphatic hydroxyl groups is 2. The van der Waals surface area contributed by atoms with Crippen LogP contribution in [0.5, 0.6) is 0 Å². The van der Waals surface area contributed by atoms with Crippen LogP contribution in [0.15, 0.2) is 24.3 Å². The third-order valence-electron chi connectivity index (χ3n) is 2.54. The molecule has 0 aromatic heterocycles. The first-order valence-corrected chi connectivity index (χ1v) is 5.47. The second-order valence-electron chi connectivity index (χ2n) is 3.81. The van der Waals surface area contributed by atoms with E-state index in [1.54, 1.807) is 0 Å². The monoisotopic (exact) mass is 196 g/mol. The average molecular weight is 196 g/mol. The Balaban J connectivity index is 2.41. The van der Waals surface area contributed by atoms with Crippen molar-refractivity contribution >= 4 is 0 Å². The molecule has 14 heavy (non-hydrogen) atoms. The minimum absolute atomic E-state index is 0.563. The van der Waals surface area contributed by atoms with Gasteiger partial charge in [0.25, 0.3) is 0 Å². The summed E-state index contributed by atoms with van der Waals surface area (Å²) in [5, 5.41) is 19.1. The van der Waals surface area contributed by atoms with E-state index in [4.69, 9.17) is 0 Å². The second kappa shape index (κ2) is 6.80. The van der Waals surface area contributed by atoms with E-state index in [1.165, 1.54) is 0 Å². The van der Waals surface area contributed by atoms with Crippen molar-refractivity contribution in [3.8, 4) is 0 Å². The molecular formula is C12H20O2. The van der Waals surface area contributed by atoms with Crippen LogP contribution in [0.1, 0.15) is 38.5 Å². The zero-order valence-electron chi connectivity index (χ0n) is 8.60. The Morgan fingerprint density at radius 2 is 1.00 bits per heavy atom. The lowest BCUT2D eigenvalue weighted by Crippen LogP contribution is -2.25. The first-order valence-electron chi connectivity index (χ1n) is 5.47. The highest BCUT2D eigenvalue weighted by atomic mass is 16.3. The first-order chi connectivity index (χ1) is 6.80. The van der Waals surface area contributed by atoms with Crippen LogP contribution in [0, 0.1) is 0 Å². The van der Waals surface area contributed by atoms with Gasteiger partial charge >= 0.3 is 0 Å². The molecule has 1 aliphatic rings. The number of aliphatic hydroxyl groups excluding tert-OH is 2. The molecule has 0 fully saturated rings. The largest absolute Gasteiger partial charge is 0.390 e. The quantitative estimate of drug-likeness (QED) is 0.583. The Morgan fingerprint density at radius 3 is 1.43 bits per heavy atom. The van der Waals surface area contributed by atoms with Crippen LogP contribution in [0.4, 0.5) is 0 Å². The molecule has 0 radical (unpaired) electrons. The molecule has 0 spiro atoms. The van der Waals surface area contributed by atoms with Gasteiger partial charge in [-0.2, -0.15) is 0 Å². The van der Waals surface area contributed by atoms with E-state index in [9.17, 15) is 10.2 Å². The van der Waals surface area contributed by atoms with E-state index in [-0.39, 0.29) is 0 Å². The molecule has 2 nitrogen and oxygen atoms in total. The van der Waals surface area contributed by atoms with Gasteiger partial charge in [-0.25, -0.2) is 0 Å². The molecule has 2 heteroatoms. The van der Waals surface area contributed by atoms with Crippen molar-refractivity contribution in [2.24, 2.45) is 0 Å². The normalized spacial score (nSPS) is 35.3. The molecule has 0 saturated carbocycles. The van der Waals surface area contributed by atoms with Gasteiger partial charge in [0.15, 0.2) is 0 Å². The van der Waals surface area contributed by atoms with Crippen molar-refractivity contribution in [2.75, 3.05) is 0 Å². The highest BCUT2D eigenvalue weighted by Gasteiger charge is 2.14. The van der Waals surface area contributed by atoms with Crippen LogP contribution < -0.4 is 0 Å². The highest BCUT2D eigenvalue weighted by molar-refractivity contribution is 4.90. The van der Waals surface area contributed by atoms with Gasteiger partial charge in [-0.1, -0.05) is 24.3 Å². The fraction of sp³-hybridized carbons (Fsp3) is 0.667. The van der Waals surface area contributed by atoms with Gasteiger partial charge in [0.05, 0.1) is 12.2 Å². The molecular weight excluding hydrogens is 176 g/mol. The molecule has 0 aliphatic heterocycles. The van der Waals surface area contributed by atoms with Crippen molar-refractivity contribution in [3.05, 3.63) is 24.3 Å². The summed E-state index contributed by atoms with van der Waals surface area (Å²) in [6, 6.07) is 0. The molecule has 2 atom stereocenters. The van der Waals surface area contributed by atoms with Crippen LogP contribution in [0.2, 0.25) is 0 Å². The topological polar surface area (TPSA) is 40.5 Å². The van der Waals surface area contributed by atoms with E-state index in [2.05, 4.69) is 24.3 Å². The van der Waals surface area contributed by atoms with Gasteiger partial charge in [0, 0.05) is 0 Å². The Kier molecular flexibility index (Phi) is 5.57. The zero-order valence-corrected chi connectivity index (χ0v) is 8.60. The molecule has 0 unspecified atom stereocenters. The smallest absolute Gasteiger partial charge is 0.0802 e. The number of allylic oxidation sites excluding steroid dienone is 4. The summed E-state index contributed by atoms with van der Waals surface area (Å²) in [4.78, 5) is 0. The van der Waals surface area contributed by atoms with E-state index < -0.39 is 12.2 Å². The van der Waals surface area contributed by atoms with Gasteiger partial charge in [-0.15, -0.1) is 0 Å². The summed E-state index contributed by atoms with van der Waals surface area (Å²) < 4.78 is 0. The van der Waals surface area contributed by atoms with Crippen molar-refractivity contribution in [1.29, 1.82) is 0 Å². The number of hydrogen-bond donors (Lipinski definition) is 2. The van der Waals surface area contributed by atoms with Crippen LogP contribution in [0.25, 0.3) is 0 Å². The first kappa shape index (κ1) is 11.5. The fourth-order valence-electron chi connectivity index (χ4n) is 1.58. The third kappa shape index (κ3) is 4.58. The van der Waals surface area contributed by atoms with E-state index in [0.29, 0.717) is 12.8 Å². The lowest BCUT2D eigenvalue weighted by atomic mass is 10.0. The minimum Gasteiger partial charge on any atom is -0.390 e. The molecule has 0 bridgehead atoms. The van der Waals surface area contributed by atoms with Gasteiger partial charge < -0.3 is 10.2 Å². The molecule has 1 rings (SSSR count). The maximum Gasteiger partial charge on any atom is 0.0802 e. The summed E-state index contributed by atoms with van der Waals surface area (Å²) in [6.45, 7) is 0. The minimum atomic E-state index is -0.563. The molecule has 0 aromatic rings. The predicted octanol–water partition coefficient (Wildman–Crippen LogP) is 2.17. The van der Waals surface area contributed by atoms with E-state index in [1.807, 2.05) is 0 Å². The maximum absolute atomic E-state index is 9.55. The Hall–Kier alpha value is -0.600. The summed E-state index contributed by atoms with van der Waals surface area (Å²) >= 11 is 0. The maximum atomic E-state index is 9.55. The molecule has 0 amide bonds. The fourth-order valence-corrected chi connectivity index (χ4v) is 1.58. The summed E-state index contributed by atoms with van der Waals surface area (Å²) in [7, 11) is 0. The standard InChI is InChI=1S/C12H20O2/c13-11-9-7-5-3-1-2-4-6-8-10-12(11)14/h3-6,11-14H,1-2,7-10H2/b5-3-,6-4-/t11-,12+. The summed E-state index contributed by atoms with van der Waals surface area (Å²) in [6.07, 6.45) is 12.6. The molecule has 1 aliphatic carbocycles. The van der Waals surface area contributed by atoms with Gasteiger partial charge in [-0.3, -0.25) is 0 Å². The van der Waals surface area contributed by atoms with Gasteiger partial charge in [-0.05, 0) is 38.5 Å². The summed E-state index contributed by atoms with van der Waals surface area (Å²) in [5.41, 5.74) is 0. The molecule has 0 saturated heterocycles. The zero-order chi connectivity index (χ0) is 10.2. The Morgan fingerprint density at radius 1 is 0.643 bits per heavy atom. The average Bonchev–Trinajstić information content (AvgIpc) is 2.18. The van der Waals surface area contributed by atoms with Crippen LogP contribution in [0.3, 0.4) is 0 Å². The molecule has 80 valence electrons. The highest BCUT2D eigenvalue weighted by Crippen LogP contribution is 2.10. The second-order valence-corrected chi connectivity index (χ2v) is 3.81. The van der Waals surface area contributed by atoms with Crippen molar-refractivity contribution < 1.29 is 10.2 Å². The van der Waals surface area contributed by atoms with Crippen LogP contribution in [-0.4, -0.2) is 22.4 Å². The van der Waals surface area contributed by atoms with Crippen LogP contribution >= 0.6 is 0 Å². The SMILES string of the molecule is O[C@@H]1CC/C=C\CC/C=C\CC[C@@H]1O. The lowest BCUT2D eigenvalue weighted by molar-refractivity contribution is 0.0111. The Bertz CT molecular complexity index is 174. The summed E-state index contributed by atoms with van der Waals surface area (Å²) in [5.74, 6) is 0. The van der Waals surface area contributed by atoms with Crippen molar-refractivity contribution in [2.45, 2.75) is 50.7 Å². The van der Waals surface area contributed by atoms with Crippen molar-refractivity contribution in [3.63, 3.8) is 0 Å². The third-order valence-corrected chi connectivity index (χ3v) is 2.54. The predicted molar refractivity (Wildman–Crippen MR) is 58.0 cm³/mol. The number of rotatable bonds is 0. The van der Waals surface area contributed by atoms with Gasteiger partial charge in [0.1, 0.15) is 0 Å². The molecule has 0 heterocycles. The van der Waals surface area contributed by atoms with E-state index >= 15 is 0 Å². The Labute approximate surface area is 86.0 Å². The molecule has 0 aromatic carbocycles. The van der Waals surface area contributed by atoms with Gasteiger partial charge in [0.2, 0.25) is 0 Å². The molecule has 2 N–H and O–H groups in total. The van der Waals surface area contributed by atoms with E-state index in [0.717, 1.165) is 25.7 Å². The van der Waals surface area contributed by atoms with Crippen LogP contribution in [-0.2, 0) is 0 Å². The van der Waals surface area contributed by atoms with Crippen molar-refractivity contribution in [1.82, 2.24) is 0 Å². The lowest BCUT2D eigenvalue weighted by Gasteiger charge is -2.16. The number of hydrogen-bond acceptors (Lipinski definition) is 2.